The van der Waals surface area contributed by atoms with Crippen molar-refractivity contribution in [2.75, 3.05) is 4.90 Å². The van der Waals surface area contributed by atoms with Crippen LogP contribution in [0.3, 0.4) is 0 Å². The van der Waals surface area contributed by atoms with Crippen molar-refractivity contribution in [3.63, 3.8) is 0 Å². The third kappa shape index (κ3) is 4.68. The number of benzene rings is 9. The second-order valence-corrected chi connectivity index (χ2v) is 16.2. The third-order valence-corrected chi connectivity index (χ3v) is 12.6. The quantitative estimate of drug-likeness (QED) is 0.171. The Morgan fingerprint density at radius 1 is 0.397 bits per heavy atom. The zero-order valence-electron chi connectivity index (χ0n) is 32.4. The van der Waals surface area contributed by atoms with Gasteiger partial charge in [0.05, 0.1) is 27.8 Å². The predicted octanol–water partition coefficient (Wildman–Crippen LogP) is 14.8. The zero-order chi connectivity index (χ0) is 38.5. The summed E-state index contributed by atoms with van der Waals surface area (Å²) in [5.74, 6) is 0. The van der Waals surface area contributed by atoms with Gasteiger partial charge in [0.1, 0.15) is 0 Å². The number of rotatable bonds is 5. The van der Waals surface area contributed by atoms with Crippen molar-refractivity contribution in [3.8, 4) is 22.5 Å². The lowest BCUT2D eigenvalue weighted by atomic mass is 9.73. The van der Waals surface area contributed by atoms with E-state index in [1.807, 2.05) is 0 Å². The molecule has 2 aromatic heterocycles. The second-order valence-electron chi connectivity index (χ2n) is 16.2. The van der Waals surface area contributed by atoms with Crippen LogP contribution < -0.4 is 4.90 Å². The summed E-state index contributed by atoms with van der Waals surface area (Å²) in [4.78, 5) is 2.35. The summed E-state index contributed by atoms with van der Waals surface area (Å²) in [6.45, 7) is 4.83. The van der Waals surface area contributed by atoms with Crippen LogP contribution in [0.4, 0.5) is 17.1 Å². The maximum Gasteiger partial charge on any atom is 0.0641 e. The number of anilines is 3. The minimum Gasteiger partial charge on any atom is -0.310 e. The van der Waals surface area contributed by atoms with Gasteiger partial charge in [0, 0.05) is 49.7 Å². The Bertz CT molecular complexity index is 3410. The van der Waals surface area contributed by atoms with Crippen LogP contribution in [-0.4, -0.2) is 9.13 Å². The van der Waals surface area contributed by atoms with Gasteiger partial charge < -0.3 is 14.0 Å². The summed E-state index contributed by atoms with van der Waals surface area (Å²) < 4.78 is 5.02. The van der Waals surface area contributed by atoms with E-state index in [1.54, 1.807) is 0 Å². The molecule has 1 aliphatic heterocycles. The average Bonchev–Trinajstić information content (AvgIpc) is 3.80. The Morgan fingerprint density at radius 2 is 1.00 bits per heavy atom. The van der Waals surface area contributed by atoms with E-state index in [2.05, 4.69) is 228 Å². The molecule has 0 unspecified atom stereocenters. The average molecular weight is 742 g/mol. The highest BCUT2D eigenvalue weighted by molar-refractivity contribution is 6.27. The van der Waals surface area contributed by atoms with E-state index in [0.717, 1.165) is 17.1 Å². The molecule has 0 N–H and O–H groups in total. The minimum absolute atomic E-state index is 0.266. The molecule has 0 bridgehead atoms. The monoisotopic (exact) mass is 741 g/mol. The second kappa shape index (κ2) is 12.3. The summed E-state index contributed by atoms with van der Waals surface area (Å²) in [7, 11) is 0. The smallest absolute Gasteiger partial charge is 0.0641 e. The Kier molecular flexibility index (Phi) is 6.98. The highest BCUT2D eigenvalue weighted by Crippen LogP contribution is 2.52. The van der Waals surface area contributed by atoms with Gasteiger partial charge in [-0.2, -0.15) is 0 Å². The molecule has 0 fully saturated rings. The maximum absolute atomic E-state index is 2.54. The van der Waals surface area contributed by atoms with Crippen molar-refractivity contribution in [2.45, 2.75) is 19.3 Å². The number of aromatic nitrogens is 2. The minimum atomic E-state index is -0.266. The van der Waals surface area contributed by atoms with Gasteiger partial charge in [0.2, 0.25) is 0 Å². The SMILES string of the molecule is CC1(C)c2cc(-c3ccc(N(c4ccccc4)c4ccc5ccccc5c4)cc3)ccc2-n2c3ccccc3c3c2c1cc1c2ccccc2n(-c2ccccc2)c13. The molecule has 274 valence electrons. The molecule has 11 aromatic rings. The molecule has 0 aliphatic carbocycles. The number of hydrogen-bond donors (Lipinski definition) is 0. The van der Waals surface area contributed by atoms with Crippen LogP contribution in [0.25, 0.3) is 76.9 Å². The Morgan fingerprint density at radius 3 is 1.78 bits per heavy atom. The topological polar surface area (TPSA) is 13.1 Å². The first-order chi connectivity index (χ1) is 28.5. The number of fused-ring (bicyclic) bond motifs is 10. The lowest BCUT2D eigenvalue weighted by Crippen LogP contribution is -2.26. The summed E-state index contributed by atoms with van der Waals surface area (Å²) in [6, 6.07) is 73.4. The lowest BCUT2D eigenvalue weighted by molar-refractivity contribution is 0.631. The molecular weight excluding hydrogens is 703 g/mol. The van der Waals surface area contributed by atoms with Gasteiger partial charge in [-0.1, -0.05) is 135 Å². The number of hydrogen-bond acceptors (Lipinski definition) is 1. The Balaban J connectivity index is 1.04. The predicted molar refractivity (Wildman–Crippen MR) is 245 cm³/mol. The largest absolute Gasteiger partial charge is 0.310 e. The van der Waals surface area contributed by atoms with E-state index in [0.29, 0.717) is 0 Å². The van der Waals surface area contributed by atoms with E-state index < -0.39 is 0 Å². The molecule has 0 radical (unpaired) electrons. The highest BCUT2D eigenvalue weighted by atomic mass is 15.1. The van der Waals surface area contributed by atoms with Gasteiger partial charge in [0.25, 0.3) is 0 Å². The van der Waals surface area contributed by atoms with Gasteiger partial charge >= 0.3 is 0 Å². The van der Waals surface area contributed by atoms with Crippen LogP contribution in [0.5, 0.6) is 0 Å². The van der Waals surface area contributed by atoms with Crippen molar-refractivity contribution in [2.24, 2.45) is 0 Å². The van der Waals surface area contributed by atoms with Crippen LogP contribution in [0.15, 0.2) is 200 Å². The van der Waals surface area contributed by atoms with Crippen LogP contribution >= 0.6 is 0 Å². The normalized spacial score (nSPS) is 13.1. The third-order valence-electron chi connectivity index (χ3n) is 12.6. The fourth-order valence-electron chi connectivity index (χ4n) is 9.88. The molecule has 3 heteroatoms. The summed E-state index contributed by atoms with van der Waals surface area (Å²) >= 11 is 0. The van der Waals surface area contributed by atoms with E-state index in [-0.39, 0.29) is 5.41 Å². The number of nitrogens with zero attached hydrogens (tertiary/aromatic N) is 3. The molecule has 3 heterocycles. The Hall–Kier alpha value is -7.36. The molecule has 0 amide bonds. The Labute approximate surface area is 337 Å². The van der Waals surface area contributed by atoms with Gasteiger partial charge in [-0.25, -0.2) is 0 Å². The molecule has 1 aliphatic rings. The number of para-hydroxylation sites is 4. The van der Waals surface area contributed by atoms with Gasteiger partial charge in [-0.15, -0.1) is 0 Å². The maximum atomic E-state index is 2.54. The standard InChI is InChI=1S/C55H39N3/c1-55(2)47-34-39(37-25-29-42(30-26-37)56(40-17-5-3-6-18-40)43-31-27-36-15-9-10-16-38(36)33-43)28-32-51(47)58-50-24-14-12-22-45(50)52-53-46(35-48(55)54(52)58)44-21-11-13-23-49(44)57(53)41-19-7-4-8-20-41/h3-35H,1-2H3. The van der Waals surface area contributed by atoms with E-state index in [4.69, 9.17) is 0 Å². The van der Waals surface area contributed by atoms with Crippen molar-refractivity contribution in [1.29, 1.82) is 0 Å². The summed E-state index contributed by atoms with van der Waals surface area (Å²) in [5, 5.41) is 7.64. The van der Waals surface area contributed by atoms with Crippen molar-refractivity contribution in [1.82, 2.24) is 9.13 Å². The zero-order valence-corrected chi connectivity index (χ0v) is 32.4. The molecule has 0 atom stereocenters. The van der Waals surface area contributed by atoms with Crippen LogP contribution in [0.2, 0.25) is 0 Å². The van der Waals surface area contributed by atoms with E-state index in [1.165, 1.54) is 88.0 Å². The first kappa shape index (κ1) is 32.8. The molecule has 58 heavy (non-hydrogen) atoms. The molecule has 12 rings (SSSR count). The fourth-order valence-corrected chi connectivity index (χ4v) is 9.88. The van der Waals surface area contributed by atoms with Gasteiger partial charge in [-0.3, -0.25) is 0 Å². The molecule has 0 spiro atoms. The van der Waals surface area contributed by atoms with E-state index >= 15 is 0 Å². The van der Waals surface area contributed by atoms with Crippen molar-refractivity contribution < 1.29 is 0 Å². The molecule has 0 saturated carbocycles. The summed E-state index contributed by atoms with van der Waals surface area (Å²) in [5.41, 5.74) is 15.7. The van der Waals surface area contributed by atoms with Gasteiger partial charge in [0.15, 0.2) is 0 Å². The molecular formula is C55H39N3. The fraction of sp³-hybridized carbons (Fsp3) is 0.0545. The van der Waals surface area contributed by atoms with Gasteiger partial charge in [-0.05, 0) is 112 Å². The highest BCUT2D eigenvalue weighted by Gasteiger charge is 2.37. The summed E-state index contributed by atoms with van der Waals surface area (Å²) in [6.07, 6.45) is 0. The molecule has 9 aromatic carbocycles. The van der Waals surface area contributed by atoms with E-state index in [9.17, 15) is 0 Å². The van der Waals surface area contributed by atoms with Crippen molar-refractivity contribution in [3.05, 3.63) is 211 Å². The molecule has 3 nitrogen and oxygen atoms in total. The van der Waals surface area contributed by atoms with Crippen LogP contribution in [-0.2, 0) is 5.41 Å². The lowest BCUT2D eigenvalue weighted by Gasteiger charge is -2.35. The first-order valence-electron chi connectivity index (χ1n) is 20.2. The first-order valence-corrected chi connectivity index (χ1v) is 20.2. The van der Waals surface area contributed by atoms with Crippen LogP contribution in [0.1, 0.15) is 25.0 Å². The van der Waals surface area contributed by atoms with Crippen LogP contribution in [0, 0.1) is 0 Å². The van der Waals surface area contributed by atoms with Crippen molar-refractivity contribution >= 4 is 71.4 Å². The molecule has 0 saturated heterocycles.